The summed E-state index contributed by atoms with van der Waals surface area (Å²) in [5.74, 6) is 1.31. The molecule has 1 unspecified atom stereocenters. The van der Waals surface area contributed by atoms with Gasteiger partial charge in [-0.25, -0.2) is 0 Å². The summed E-state index contributed by atoms with van der Waals surface area (Å²) in [6.07, 6.45) is 0. The van der Waals surface area contributed by atoms with Crippen molar-refractivity contribution in [2.45, 2.75) is 47.6 Å². The van der Waals surface area contributed by atoms with Gasteiger partial charge in [0.15, 0.2) is 0 Å². The fourth-order valence-electron chi connectivity index (χ4n) is 1.26. The van der Waals surface area contributed by atoms with E-state index in [2.05, 4.69) is 46.9 Å². The van der Waals surface area contributed by atoms with E-state index in [1.807, 2.05) is 0 Å². The van der Waals surface area contributed by atoms with E-state index in [1.165, 1.54) is 0 Å². The third-order valence-corrected chi connectivity index (χ3v) is 3.53. The van der Waals surface area contributed by atoms with Crippen molar-refractivity contribution in [3.8, 4) is 0 Å². The van der Waals surface area contributed by atoms with Crippen molar-refractivity contribution in [3.05, 3.63) is 0 Å². The SMILES string of the molecule is COCC(NCC(C)(C)C(C)C)C(C)C. The maximum atomic E-state index is 5.23. The van der Waals surface area contributed by atoms with E-state index in [0.29, 0.717) is 23.3 Å². The van der Waals surface area contributed by atoms with Gasteiger partial charge >= 0.3 is 0 Å². The summed E-state index contributed by atoms with van der Waals surface area (Å²) < 4.78 is 5.23. The van der Waals surface area contributed by atoms with Crippen LogP contribution in [0.25, 0.3) is 0 Å². The maximum Gasteiger partial charge on any atom is 0.0618 e. The molecule has 92 valence electrons. The predicted octanol–water partition coefficient (Wildman–Crippen LogP) is 2.93. The molecular weight excluding hydrogens is 186 g/mol. The minimum Gasteiger partial charge on any atom is -0.383 e. The van der Waals surface area contributed by atoms with Crippen molar-refractivity contribution >= 4 is 0 Å². The van der Waals surface area contributed by atoms with Gasteiger partial charge in [0.1, 0.15) is 0 Å². The highest BCUT2D eigenvalue weighted by Gasteiger charge is 2.24. The number of rotatable bonds is 7. The van der Waals surface area contributed by atoms with E-state index in [9.17, 15) is 0 Å². The van der Waals surface area contributed by atoms with Gasteiger partial charge in [-0.3, -0.25) is 0 Å². The van der Waals surface area contributed by atoms with Crippen LogP contribution in [0, 0.1) is 17.3 Å². The fraction of sp³-hybridized carbons (Fsp3) is 1.00. The monoisotopic (exact) mass is 215 g/mol. The van der Waals surface area contributed by atoms with Crippen molar-refractivity contribution in [3.63, 3.8) is 0 Å². The van der Waals surface area contributed by atoms with Gasteiger partial charge in [0.05, 0.1) is 6.61 Å². The van der Waals surface area contributed by atoms with Crippen molar-refractivity contribution < 1.29 is 4.74 Å². The highest BCUT2D eigenvalue weighted by molar-refractivity contribution is 4.79. The first-order chi connectivity index (χ1) is 6.81. The predicted molar refractivity (Wildman–Crippen MR) is 67.1 cm³/mol. The van der Waals surface area contributed by atoms with Crippen LogP contribution in [0.3, 0.4) is 0 Å². The van der Waals surface area contributed by atoms with Gasteiger partial charge in [-0.1, -0.05) is 41.5 Å². The standard InChI is InChI=1S/C13H29NO/c1-10(2)12(8-15-7)14-9-13(5,6)11(3)4/h10-12,14H,8-9H2,1-7H3. The molecule has 15 heavy (non-hydrogen) atoms. The third kappa shape index (κ3) is 5.53. The van der Waals surface area contributed by atoms with Crippen LogP contribution >= 0.6 is 0 Å². The van der Waals surface area contributed by atoms with Crippen molar-refractivity contribution in [2.75, 3.05) is 20.3 Å². The van der Waals surface area contributed by atoms with Gasteiger partial charge in [0.25, 0.3) is 0 Å². The zero-order valence-electron chi connectivity index (χ0n) is 11.6. The molecule has 2 nitrogen and oxygen atoms in total. The molecule has 0 aromatic heterocycles. The number of hydrogen-bond acceptors (Lipinski definition) is 2. The second kappa shape index (κ2) is 6.49. The highest BCUT2D eigenvalue weighted by atomic mass is 16.5. The molecule has 0 fully saturated rings. The molecule has 0 saturated carbocycles. The number of methoxy groups -OCH3 is 1. The Kier molecular flexibility index (Phi) is 6.46. The fourth-order valence-corrected chi connectivity index (χ4v) is 1.26. The Hall–Kier alpha value is -0.0800. The lowest BCUT2D eigenvalue weighted by molar-refractivity contribution is 0.132. The van der Waals surface area contributed by atoms with Gasteiger partial charge in [-0.2, -0.15) is 0 Å². The molecule has 0 radical (unpaired) electrons. The maximum absolute atomic E-state index is 5.23. The number of nitrogens with one attached hydrogen (secondary N) is 1. The van der Waals surface area contributed by atoms with Gasteiger partial charge in [0, 0.05) is 19.7 Å². The van der Waals surface area contributed by atoms with E-state index in [0.717, 1.165) is 13.2 Å². The molecule has 0 amide bonds. The summed E-state index contributed by atoms with van der Waals surface area (Å²) in [5, 5.41) is 3.62. The van der Waals surface area contributed by atoms with E-state index < -0.39 is 0 Å². The van der Waals surface area contributed by atoms with Crippen LogP contribution in [0.1, 0.15) is 41.5 Å². The first-order valence-electron chi connectivity index (χ1n) is 6.03. The Morgan fingerprint density at radius 1 is 1.13 bits per heavy atom. The summed E-state index contributed by atoms with van der Waals surface area (Å²) in [6.45, 7) is 15.5. The van der Waals surface area contributed by atoms with Crippen LogP contribution in [0.4, 0.5) is 0 Å². The van der Waals surface area contributed by atoms with E-state index >= 15 is 0 Å². The van der Waals surface area contributed by atoms with E-state index in [4.69, 9.17) is 4.74 Å². The summed E-state index contributed by atoms with van der Waals surface area (Å²) >= 11 is 0. The highest BCUT2D eigenvalue weighted by Crippen LogP contribution is 2.25. The Morgan fingerprint density at radius 3 is 2.00 bits per heavy atom. The number of ether oxygens (including phenoxy) is 1. The molecule has 0 bridgehead atoms. The summed E-state index contributed by atoms with van der Waals surface area (Å²) in [7, 11) is 1.77. The molecule has 2 heteroatoms. The van der Waals surface area contributed by atoms with Crippen LogP contribution in [0.5, 0.6) is 0 Å². The Morgan fingerprint density at radius 2 is 1.67 bits per heavy atom. The second-order valence-corrected chi connectivity index (χ2v) is 5.83. The van der Waals surface area contributed by atoms with Crippen LogP contribution < -0.4 is 5.32 Å². The zero-order chi connectivity index (χ0) is 12.1. The molecule has 1 atom stereocenters. The smallest absolute Gasteiger partial charge is 0.0618 e. The molecule has 0 aliphatic carbocycles. The molecule has 0 spiro atoms. The van der Waals surface area contributed by atoms with Gasteiger partial charge in [0.2, 0.25) is 0 Å². The largest absolute Gasteiger partial charge is 0.383 e. The molecule has 0 rings (SSSR count). The lowest BCUT2D eigenvalue weighted by Gasteiger charge is -2.33. The first kappa shape index (κ1) is 14.9. The average Bonchev–Trinajstić information content (AvgIpc) is 2.11. The quantitative estimate of drug-likeness (QED) is 0.705. The van der Waals surface area contributed by atoms with Crippen molar-refractivity contribution in [2.24, 2.45) is 17.3 Å². The summed E-state index contributed by atoms with van der Waals surface area (Å²) in [6, 6.07) is 0.466. The lowest BCUT2D eigenvalue weighted by atomic mass is 9.81. The molecule has 0 aliphatic rings. The molecule has 1 N–H and O–H groups in total. The molecule has 0 heterocycles. The van der Waals surface area contributed by atoms with Crippen LogP contribution in [0.2, 0.25) is 0 Å². The lowest BCUT2D eigenvalue weighted by Crippen LogP contribution is -2.44. The van der Waals surface area contributed by atoms with Gasteiger partial charge < -0.3 is 10.1 Å². The Balaban J connectivity index is 4.09. The van der Waals surface area contributed by atoms with Gasteiger partial charge in [-0.05, 0) is 17.3 Å². The van der Waals surface area contributed by atoms with Crippen molar-refractivity contribution in [1.29, 1.82) is 0 Å². The van der Waals surface area contributed by atoms with Crippen molar-refractivity contribution in [1.82, 2.24) is 5.32 Å². The minimum atomic E-state index is 0.348. The van der Waals surface area contributed by atoms with Gasteiger partial charge in [-0.15, -0.1) is 0 Å². The minimum absolute atomic E-state index is 0.348. The normalized spacial score (nSPS) is 15.0. The summed E-state index contributed by atoms with van der Waals surface area (Å²) in [5.41, 5.74) is 0.348. The third-order valence-electron chi connectivity index (χ3n) is 3.53. The summed E-state index contributed by atoms with van der Waals surface area (Å²) in [4.78, 5) is 0. The Bertz CT molecular complexity index is 164. The molecule has 0 aromatic rings. The number of hydrogen-bond donors (Lipinski definition) is 1. The van der Waals surface area contributed by atoms with Crippen LogP contribution in [-0.2, 0) is 4.74 Å². The Labute approximate surface area is 95.8 Å². The second-order valence-electron chi connectivity index (χ2n) is 5.83. The molecule has 0 aromatic carbocycles. The molecule has 0 aliphatic heterocycles. The topological polar surface area (TPSA) is 21.3 Å². The van der Waals surface area contributed by atoms with E-state index in [-0.39, 0.29) is 0 Å². The van der Waals surface area contributed by atoms with Crippen LogP contribution in [-0.4, -0.2) is 26.3 Å². The van der Waals surface area contributed by atoms with E-state index in [1.54, 1.807) is 7.11 Å². The zero-order valence-corrected chi connectivity index (χ0v) is 11.6. The molecular formula is C13H29NO. The first-order valence-corrected chi connectivity index (χ1v) is 6.03. The van der Waals surface area contributed by atoms with Crippen LogP contribution in [0.15, 0.2) is 0 Å². The average molecular weight is 215 g/mol. The molecule has 0 saturated heterocycles.